The molecule has 0 fully saturated rings. The SMILES string of the molecule is Cc1cc(C)c(C(CN)Nc2cccc(F)c2)cc1C. The summed E-state index contributed by atoms with van der Waals surface area (Å²) in [6.07, 6.45) is 0. The maximum atomic E-state index is 13.2. The van der Waals surface area contributed by atoms with Crippen LogP contribution in [0.4, 0.5) is 10.1 Å². The van der Waals surface area contributed by atoms with Crippen molar-refractivity contribution in [2.45, 2.75) is 26.8 Å². The van der Waals surface area contributed by atoms with E-state index in [0.717, 1.165) is 5.69 Å². The number of nitrogens with one attached hydrogen (secondary N) is 1. The maximum absolute atomic E-state index is 13.2. The van der Waals surface area contributed by atoms with E-state index in [0.29, 0.717) is 6.54 Å². The van der Waals surface area contributed by atoms with Crippen LogP contribution in [0, 0.1) is 26.6 Å². The zero-order chi connectivity index (χ0) is 14.7. The molecule has 0 aromatic heterocycles. The van der Waals surface area contributed by atoms with Crippen molar-refractivity contribution in [1.29, 1.82) is 0 Å². The molecule has 0 heterocycles. The van der Waals surface area contributed by atoms with Gasteiger partial charge in [-0.05, 0) is 61.2 Å². The van der Waals surface area contributed by atoms with E-state index in [1.165, 1.54) is 34.4 Å². The van der Waals surface area contributed by atoms with Gasteiger partial charge in [-0.1, -0.05) is 18.2 Å². The summed E-state index contributed by atoms with van der Waals surface area (Å²) in [4.78, 5) is 0. The number of hydrogen-bond acceptors (Lipinski definition) is 2. The van der Waals surface area contributed by atoms with E-state index in [4.69, 9.17) is 5.73 Å². The number of anilines is 1. The van der Waals surface area contributed by atoms with Crippen molar-refractivity contribution >= 4 is 5.69 Å². The molecule has 20 heavy (non-hydrogen) atoms. The van der Waals surface area contributed by atoms with Crippen LogP contribution in [0.3, 0.4) is 0 Å². The normalized spacial score (nSPS) is 12.2. The molecule has 1 atom stereocenters. The average Bonchev–Trinajstić information content (AvgIpc) is 2.40. The van der Waals surface area contributed by atoms with Gasteiger partial charge in [0.25, 0.3) is 0 Å². The molecule has 2 rings (SSSR count). The van der Waals surface area contributed by atoms with Crippen molar-refractivity contribution in [1.82, 2.24) is 0 Å². The van der Waals surface area contributed by atoms with Crippen molar-refractivity contribution in [2.24, 2.45) is 5.73 Å². The van der Waals surface area contributed by atoms with E-state index in [1.807, 2.05) is 6.07 Å². The van der Waals surface area contributed by atoms with E-state index < -0.39 is 0 Å². The number of hydrogen-bond donors (Lipinski definition) is 2. The zero-order valence-corrected chi connectivity index (χ0v) is 12.2. The second kappa shape index (κ2) is 6.06. The van der Waals surface area contributed by atoms with Crippen LogP contribution in [0.25, 0.3) is 0 Å². The van der Waals surface area contributed by atoms with Crippen LogP contribution < -0.4 is 11.1 Å². The minimum atomic E-state index is -0.248. The van der Waals surface area contributed by atoms with Crippen LogP contribution in [0.1, 0.15) is 28.3 Å². The first-order valence-electron chi connectivity index (χ1n) is 6.81. The van der Waals surface area contributed by atoms with Gasteiger partial charge in [0.05, 0.1) is 6.04 Å². The molecule has 3 N–H and O–H groups in total. The Bertz CT molecular complexity index is 608. The molecule has 106 valence electrons. The van der Waals surface area contributed by atoms with Gasteiger partial charge in [0.2, 0.25) is 0 Å². The summed E-state index contributed by atoms with van der Waals surface area (Å²) in [5.74, 6) is -0.248. The minimum Gasteiger partial charge on any atom is -0.377 e. The molecule has 1 unspecified atom stereocenters. The smallest absolute Gasteiger partial charge is 0.125 e. The van der Waals surface area contributed by atoms with Crippen molar-refractivity contribution in [3.05, 3.63) is 64.5 Å². The number of benzene rings is 2. The zero-order valence-electron chi connectivity index (χ0n) is 12.2. The van der Waals surface area contributed by atoms with E-state index >= 15 is 0 Å². The van der Waals surface area contributed by atoms with Crippen LogP contribution in [0.15, 0.2) is 36.4 Å². The van der Waals surface area contributed by atoms with Gasteiger partial charge in [0.1, 0.15) is 5.82 Å². The Balaban J connectivity index is 2.31. The first-order valence-corrected chi connectivity index (χ1v) is 6.81. The molecule has 0 amide bonds. The Morgan fingerprint density at radius 3 is 2.40 bits per heavy atom. The first-order chi connectivity index (χ1) is 9.51. The third-order valence-electron chi connectivity index (χ3n) is 3.66. The number of aryl methyl sites for hydroxylation is 3. The quantitative estimate of drug-likeness (QED) is 0.887. The Morgan fingerprint density at radius 1 is 1.05 bits per heavy atom. The van der Waals surface area contributed by atoms with E-state index in [9.17, 15) is 4.39 Å². The molecule has 2 aromatic rings. The van der Waals surface area contributed by atoms with Gasteiger partial charge in [-0.15, -0.1) is 0 Å². The first kappa shape index (κ1) is 14.5. The third-order valence-corrected chi connectivity index (χ3v) is 3.66. The Hall–Kier alpha value is -1.87. The Kier molecular flexibility index (Phi) is 4.40. The Labute approximate surface area is 119 Å². The minimum absolute atomic E-state index is 0.0175. The standard InChI is InChI=1S/C17H21FN2/c1-11-7-13(3)16(8-12(11)2)17(10-19)20-15-6-4-5-14(18)9-15/h4-9,17,20H,10,19H2,1-3H3. The van der Waals surface area contributed by atoms with Gasteiger partial charge < -0.3 is 11.1 Å². The fraction of sp³-hybridized carbons (Fsp3) is 0.294. The molecular weight excluding hydrogens is 251 g/mol. The highest BCUT2D eigenvalue weighted by Crippen LogP contribution is 2.25. The largest absolute Gasteiger partial charge is 0.377 e. The molecular formula is C17H21FN2. The highest BCUT2D eigenvalue weighted by molar-refractivity contribution is 5.48. The highest BCUT2D eigenvalue weighted by atomic mass is 19.1. The summed E-state index contributed by atoms with van der Waals surface area (Å²) >= 11 is 0. The molecule has 0 saturated heterocycles. The van der Waals surface area contributed by atoms with Crippen molar-refractivity contribution in [3.8, 4) is 0 Å². The van der Waals surface area contributed by atoms with Crippen LogP contribution in [-0.2, 0) is 0 Å². The van der Waals surface area contributed by atoms with E-state index in [-0.39, 0.29) is 11.9 Å². The molecule has 2 aromatic carbocycles. The fourth-order valence-corrected chi connectivity index (χ4v) is 2.40. The lowest BCUT2D eigenvalue weighted by molar-refractivity contribution is 0.627. The van der Waals surface area contributed by atoms with Gasteiger partial charge in [0.15, 0.2) is 0 Å². The monoisotopic (exact) mass is 272 g/mol. The van der Waals surface area contributed by atoms with E-state index in [2.05, 4.69) is 38.2 Å². The second-order valence-corrected chi connectivity index (χ2v) is 5.24. The Morgan fingerprint density at radius 2 is 1.75 bits per heavy atom. The third kappa shape index (κ3) is 3.17. The van der Waals surface area contributed by atoms with Gasteiger partial charge in [-0.2, -0.15) is 0 Å². The van der Waals surface area contributed by atoms with Gasteiger partial charge in [-0.3, -0.25) is 0 Å². The van der Waals surface area contributed by atoms with Crippen LogP contribution in [0.2, 0.25) is 0 Å². The molecule has 3 heteroatoms. The molecule has 2 nitrogen and oxygen atoms in total. The number of rotatable bonds is 4. The van der Waals surface area contributed by atoms with Crippen LogP contribution in [-0.4, -0.2) is 6.54 Å². The van der Waals surface area contributed by atoms with Crippen molar-refractivity contribution in [2.75, 3.05) is 11.9 Å². The summed E-state index contributed by atoms with van der Waals surface area (Å²) in [5.41, 5.74) is 11.5. The van der Waals surface area contributed by atoms with Crippen LogP contribution in [0.5, 0.6) is 0 Å². The molecule has 0 bridgehead atoms. The lowest BCUT2D eigenvalue weighted by Crippen LogP contribution is -2.21. The topological polar surface area (TPSA) is 38.0 Å². The lowest BCUT2D eigenvalue weighted by atomic mass is 9.95. The van der Waals surface area contributed by atoms with Crippen LogP contribution >= 0.6 is 0 Å². The predicted octanol–water partition coefficient (Wildman–Crippen LogP) is 3.86. The van der Waals surface area contributed by atoms with Gasteiger partial charge in [-0.25, -0.2) is 4.39 Å². The molecule has 0 spiro atoms. The second-order valence-electron chi connectivity index (χ2n) is 5.24. The summed E-state index contributed by atoms with van der Waals surface area (Å²) in [7, 11) is 0. The average molecular weight is 272 g/mol. The lowest BCUT2D eigenvalue weighted by Gasteiger charge is -2.22. The summed E-state index contributed by atoms with van der Waals surface area (Å²) in [6, 6.07) is 10.8. The number of nitrogens with two attached hydrogens (primary N) is 1. The molecule has 0 aliphatic rings. The summed E-state index contributed by atoms with van der Waals surface area (Å²) in [6.45, 7) is 6.73. The number of halogens is 1. The molecule has 0 aliphatic heterocycles. The summed E-state index contributed by atoms with van der Waals surface area (Å²) < 4.78 is 13.2. The predicted molar refractivity (Wildman–Crippen MR) is 82.5 cm³/mol. The summed E-state index contributed by atoms with van der Waals surface area (Å²) in [5, 5.41) is 3.31. The van der Waals surface area contributed by atoms with Gasteiger partial charge >= 0.3 is 0 Å². The highest BCUT2D eigenvalue weighted by Gasteiger charge is 2.13. The molecule has 0 aliphatic carbocycles. The molecule has 0 saturated carbocycles. The maximum Gasteiger partial charge on any atom is 0.125 e. The van der Waals surface area contributed by atoms with Gasteiger partial charge in [0, 0.05) is 12.2 Å². The van der Waals surface area contributed by atoms with Crippen molar-refractivity contribution in [3.63, 3.8) is 0 Å². The van der Waals surface area contributed by atoms with Crippen molar-refractivity contribution < 1.29 is 4.39 Å². The fourth-order valence-electron chi connectivity index (χ4n) is 2.40. The van der Waals surface area contributed by atoms with E-state index in [1.54, 1.807) is 6.07 Å². The molecule has 0 radical (unpaired) electrons.